The van der Waals surface area contributed by atoms with Gasteiger partial charge in [-0.05, 0) is 48.9 Å². The van der Waals surface area contributed by atoms with E-state index in [0.29, 0.717) is 38.6 Å². The molecule has 0 atom stereocenters. The van der Waals surface area contributed by atoms with Crippen LogP contribution < -0.4 is 25.2 Å². The second-order valence-corrected chi connectivity index (χ2v) is 16.5. The summed E-state index contributed by atoms with van der Waals surface area (Å²) in [6, 6.07) is 7.29. The van der Waals surface area contributed by atoms with Gasteiger partial charge in [-0.1, -0.05) is 23.9 Å². The highest BCUT2D eigenvalue weighted by molar-refractivity contribution is 8.23. The van der Waals surface area contributed by atoms with E-state index in [-0.39, 0.29) is 42.8 Å². The van der Waals surface area contributed by atoms with E-state index in [4.69, 9.17) is 5.11 Å². The molecule has 2 amide bonds. The van der Waals surface area contributed by atoms with Crippen LogP contribution in [-0.4, -0.2) is 90.2 Å². The molecule has 270 valence electrons. The summed E-state index contributed by atoms with van der Waals surface area (Å²) >= 11 is 3.10. The molecule has 0 saturated carbocycles. The maximum atomic E-state index is 13.9. The molecule has 3 aromatic rings. The number of carboxylic acids is 3. The number of hydrogen-bond acceptors (Lipinski definition) is 14. The highest BCUT2D eigenvalue weighted by Gasteiger charge is 2.38. The maximum Gasteiger partial charge on any atom is 0.323 e. The van der Waals surface area contributed by atoms with E-state index in [9.17, 15) is 56.7 Å². The van der Waals surface area contributed by atoms with Crippen LogP contribution >= 0.6 is 46.2 Å². The van der Waals surface area contributed by atoms with Gasteiger partial charge in [-0.25, -0.2) is 0 Å². The number of fused-ring (bicyclic) bond motifs is 1. The Kier molecular flexibility index (Phi) is 11.1. The summed E-state index contributed by atoms with van der Waals surface area (Å²) in [6.45, 7) is -0.489. The van der Waals surface area contributed by atoms with Gasteiger partial charge in [-0.3, -0.25) is 52.1 Å². The van der Waals surface area contributed by atoms with Crippen LogP contribution in [0, 0.1) is 9.20 Å². The van der Waals surface area contributed by atoms with Gasteiger partial charge in [0.2, 0.25) is 0 Å². The van der Waals surface area contributed by atoms with E-state index < -0.39 is 75.6 Å². The Hall–Kier alpha value is -4.48. The molecular formula is C29H26N4O13S5. The van der Waals surface area contributed by atoms with E-state index in [0.717, 1.165) is 31.1 Å². The smallest absolute Gasteiger partial charge is 0.323 e. The fraction of sp³-hybridized carbons (Fsp3) is 0.276. The van der Waals surface area contributed by atoms with E-state index in [1.165, 1.54) is 11.8 Å². The van der Waals surface area contributed by atoms with Gasteiger partial charge in [0, 0.05) is 18.0 Å². The summed E-state index contributed by atoms with van der Waals surface area (Å²) in [7, 11) is -4.22. The lowest BCUT2D eigenvalue weighted by Gasteiger charge is -2.20. The number of carbonyl (C=O) groups is 5. The van der Waals surface area contributed by atoms with Gasteiger partial charge in [-0.15, -0.1) is 22.7 Å². The minimum Gasteiger partial charge on any atom is -0.481 e. The van der Waals surface area contributed by atoms with Crippen molar-refractivity contribution in [3.05, 3.63) is 74.5 Å². The number of carbonyl (C=O) groups excluding carboxylic acids is 2. The third-order valence-corrected chi connectivity index (χ3v) is 12.9. The minimum atomic E-state index is -4.22. The number of para-hydroxylation sites is 1. The van der Waals surface area contributed by atoms with Crippen LogP contribution in [0.4, 0.5) is 10.5 Å². The third-order valence-electron chi connectivity index (χ3n) is 7.26. The van der Waals surface area contributed by atoms with E-state index >= 15 is 0 Å². The van der Waals surface area contributed by atoms with Crippen molar-refractivity contribution in [3.8, 4) is 0 Å². The molecule has 5 rings (SSSR count). The van der Waals surface area contributed by atoms with Crippen LogP contribution in [0.3, 0.4) is 0 Å². The van der Waals surface area contributed by atoms with E-state index in [2.05, 4.69) is 0 Å². The summed E-state index contributed by atoms with van der Waals surface area (Å²) in [4.78, 5) is 90.6. The molecule has 2 aliphatic rings. The fourth-order valence-electron chi connectivity index (χ4n) is 5.08. The average molecular weight is 799 g/mol. The summed E-state index contributed by atoms with van der Waals surface area (Å²) in [5, 5.41) is 27.8. The molecule has 4 heterocycles. The zero-order chi connectivity index (χ0) is 37.4. The van der Waals surface area contributed by atoms with Gasteiger partial charge in [0.05, 0.1) is 27.4 Å². The summed E-state index contributed by atoms with van der Waals surface area (Å²) in [5.41, 5.74) is -0.444. The number of carboxylic acid groups (broad SMARTS) is 3. The Morgan fingerprint density at radius 2 is 1.51 bits per heavy atom. The van der Waals surface area contributed by atoms with Crippen LogP contribution in [0.1, 0.15) is 19.8 Å². The molecule has 2 aliphatic heterocycles. The third kappa shape index (κ3) is 8.20. The highest BCUT2D eigenvalue weighted by atomic mass is 32.2. The molecule has 1 aromatic carbocycles. The number of aliphatic carboxylic acids is 3. The van der Waals surface area contributed by atoms with Gasteiger partial charge in [-0.2, -0.15) is 8.42 Å². The largest absolute Gasteiger partial charge is 0.481 e. The van der Waals surface area contributed by atoms with Crippen molar-refractivity contribution >= 4 is 102 Å². The lowest BCUT2D eigenvalue weighted by atomic mass is 10.2. The number of nitrogens with zero attached hydrogens (tertiary/aromatic N) is 4. The Morgan fingerprint density at radius 3 is 2.16 bits per heavy atom. The molecule has 17 nitrogen and oxygen atoms in total. The molecule has 1 fully saturated rings. The highest BCUT2D eigenvalue weighted by Crippen LogP contribution is 2.46. The van der Waals surface area contributed by atoms with Gasteiger partial charge in [0.25, 0.3) is 32.4 Å². The van der Waals surface area contributed by atoms with Crippen molar-refractivity contribution in [2.24, 2.45) is 0 Å². The Labute approximate surface area is 302 Å². The van der Waals surface area contributed by atoms with Crippen LogP contribution in [0.25, 0.3) is 10.5 Å². The van der Waals surface area contributed by atoms with E-state index in [1.54, 1.807) is 19.1 Å². The van der Waals surface area contributed by atoms with E-state index in [1.807, 2.05) is 23.1 Å². The predicted molar refractivity (Wildman–Crippen MR) is 188 cm³/mol. The molecule has 0 unspecified atom stereocenters. The van der Waals surface area contributed by atoms with Gasteiger partial charge >= 0.3 is 17.9 Å². The molecule has 1 saturated heterocycles. The van der Waals surface area contributed by atoms with Gasteiger partial charge in [0.15, 0.2) is 0 Å². The fourth-order valence-corrected chi connectivity index (χ4v) is 10.2. The molecule has 51 heavy (non-hydrogen) atoms. The SMILES string of the molecule is CC(/C=C1\Sc2ccccc2N1CCCS(=O)(=O)O)=c1\s/c(=c2/s/c(=C3/SC(=O)N(CC(=O)O)C3=O)n(CC(=O)O)c2=O)n(CCC(=O)O)c1=O. The quantitative estimate of drug-likeness (QED) is 0.185. The zero-order valence-corrected chi connectivity index (χ0v) is 30.2. The number of hydrogen-bond donors (Lipinski definition) is 4. The van der Waals surface area contributed by atoms with Crippen molar-refractivity contribution in [1.29, 1.82) is 0 Å². The van der Waals surface area contributed by atoms with Gasteiger partial charge < -0.3 is 20.2 Å². The predicted octanol–water partition coefficient (Wildman–Crippen LogP) is 0.770. The van der Waals surface area contributed by atoms with Crippen molar-refractivity contribution in [1.82, 2.24) is 14.0 Å². The first-order chi connectivity index (χ1) is 24.0. The number of benzene rings is 1. The first-order valence-corrected chi connectivity index (χ1v) is 19.4. The van der Waals surface area contributed by atoms with Crippen LogP contribution in [-0.2, 0) is 42.4 Å². The number of thiazole rings is 2. The molecule has 22 heteroatoms. The number of thioether (sulfide) groups is 2. The molecule has 0 radical (unpaired) electrons. The number of imide groups is 1. The number of anilines is 1. The number of amides is 2. The summed E-state index contributed by atoms with van der Waals surface area (Å²) in [6.07, 6.45) is 1.23. The standard InChI is InChI=1S/C29H26N4O13S5/c1-14(11-17-30(8-4-10-51(44,45)46)15-5-2-3-6-16(15)47-17)21-24(40)31(9-7-18(34)35)27(48-21)22-25(41)32(12-19(36)37)28(49-22)23-26(42)33(13-20(38)39)29(43)50-23/h2-3,5-6,11H,4,7-10,12-13H2,1H3,(H,34,35)(H,36,37)(H,38,39)(H,44,45,46)/b17-11-,21-14+,27-22+,28-23+. The summed E-state index contributed by atoms with van der Waals surface area (Å²) in [5.74, 6) is -5.74. The molecule has 2 aromatic heterocycles. The molecule has 0 spiro atoms. The topological polar surface area (TPSA) is 251 Å². The molecular weight excluding hydrogens is 773 g/mol. The van der Waals surface area contributed by atoms with Crippen molar-refractivity contribution in [2.45, 2.75) is 37.8 Å². The van der Waals surface area contributed by atoms with Crippen LogP contribution in [0.5, 0.6) is 0 Å². The Morgan fingerprint density at radius 1 is 0.824 bits per heavy atom. The lowest BCUT2D eigenvalue weighted by molar-refractivity contribution is -0.140. The van der Waals surface area contributed by atoms with Crippen LogP contribution in [0.2, 0.25) is 0 Å². The molecule has 0 aliphatic carbocycles. The normalized spacial score (nSPS) is 17.7. The lowest BCUT2D eigenvalue weighted by Crippen LogP contribution is -2.35. The second-order valence-electron chi connectivity index (χ2n) is 10.9. The Bertz CT molecular complexity index is 2500. The first kappa shape index (κ1) is 37.8. The second kappa shape index (κ2) is 15.0. The molecule has 0 bridgehead atoms. The first-order valence-electron chi connectivity index (χ1n) is 14.6. The van der Waals surface area contributed by atoms with Crippen molar-refractivity contribution < 1.29 is 52.3 Å². The van der Waals surface area contributed by atoms with Crippen molar-refractivity contribution in [3.63, 3.8) is 0 Å². The number of allylic oxidation sites excluding steroid dienone is 1. The Balaban J connectivity index is 1.77. The maximum absolute atomic E-state index is 13.9. The van der Waals surface area contributed by atoms with Crippen molar-refractivity contribution in [2.75, 3.05) is 23.7 Å². The van der Waals surface area contributed by atoms with Crippen LogP contribution in [0.15, 0.2) is 49.9 Å². The summed E-state index contributed by atoms with van der Waals surface area (Å²) < 4.78 is 33.3. The average Bonchev–Trinajstić information content (AvgIpc) is 3.73. The zero-order valence-electron chi connectivity index (χ0n) is 26.1. The van der Waals surface area contributed by atoms with Gasteiger partial charge in [0.1, 0.15) is 31.9 Å². The number of rotatable bonds is 12. The molecule has 4 N–H and O–H groups in total. The monoisotopic (exact) mass is 798 g/mol. The minimum absolute atomic E-state index is 0.0356. The number of aromatic nitrogens is 2.